The third-order valence-corrected chi connectivity index (χ3v) is 3.53. The second-order valence-electron chi connectivity index (χ2n) is 5.23. The topological polar surface area (TPSA) is 44.0 Å². The maximum atomic E-state index is 12.5. The molecule has 2 aromatic rings. The van der Waals surface area contributed by atoms with Crippen LogP contribution in [0.4, 0.5) is 0 Å². The molecule has 0 aliphatic carbocycles. The third-order valence-electron chi connectivity index (χ3n) is 3.53. The Morgan fingerprint density at radius 2 is 1.65 bits per heavy atom. The van der Waals surface area contributed by atoms with Crippen LogP contribution in [-0.2, 0) is 17.9 Å². The van der Waals surface area contributed by atoms with Crippen LogP contribution in [0.25, 0.3) is 11.0 Å². The Morgan fingerprint density at radius 3 is 2.20 bits per heavy atom. The number of aromatic nitrogens is 2. The summed E-state index contributed by atoms with van der Waals surface area (Å²) in [5.41, 5.74) is 2.07. The Balaban J connectivity index is 2.26. The van der Waals surface area contributed by atoms with Crippen LogP contribution in [0, 0.1) is 0 Å². The number of unbranched alkanes of at least 4 members (excludes halogenated alkanes) is 1. The molecule has 0 atom stereocenters. The van der Waals surface area contributed by atoms with Crippen molar-refractivity contribution in [2.24, 2.45) is 0 Å². The van der Waals surface area contributed by atoms with Gasteiger partial charge in [-0.15, -0.1) is 0 Å². The summed E-state index contributed by atoms with van der Waals surface area (Å²) in [5.74, 6) is 0.214. The number of fused-ring (bicyclic) bond motifs is 1. The van der Waals surface area contributed by atoms with E-state index >= 15 is 0 Å². The average molecular weight is 274 g/mol. The van der Waals surface area contributed by atoms with Crippen LogP contribution in [0.5, 0.6) is 0 Å². The lowest BCUT2D eigenvalue weighted by molar-refractivity contribution is -0.117. The molecular weight excluding hydrogens is 252 g/mol. The van der Waals surface area contributed by atoms with E-state index in [4.69, 9.17) is 0 Å². The van der Waals surface area contributed by atoms with Crippen LogP contribution >= 0.6 is 0 Å². The number of hydrogen-bond donors (Lipinski definition) is 0. The Bertz CT molecular complexity index is 652. The lowest BCUT2D eigenvalue weighted by Crippen LogP contribution is -2.24. The monoisotopic (exact) mass is 274 g/mol. The van der Waals surface area contributed by atoms with Crippen LogP contribution in [-0.4, -0.2) is 14.9 Å². The number of carbonyl (C=O) groups is 1. The highest BCUT2D eigenvalue weighted by molar-refractivity contribution is 5.76. The lowest BCUT2D eigenvalue weighted by Gasteiger charge is -2.02. The van der Waals surface area contributed by atoms with Crippen molar-refractivity contribution in [1.29, 1.82) is 0 Å². The predicted octanol–water partition coefficient (Wildman–Crippen LogP) is 2.97. The molecule has 1 heterocycles. The Morgan fingerprint density at radius 1 is 1.05 bits per heavy atom. The van der Waals surface area contributed by atoms with Gasteiger partial charge in [0.1, 0.15) is 5.78 Å². The molecule has 0 bridgehead atoms. The van der Waals surface area contributed by atoms with Gasteiger partial charge in [-0.3, -0.25) is 9.13 Å². The van der Waals surface area contributed by atoms with Crippen molar-refractivity contribution >= 4 is 16.8 Å². The lowest BCUT2D eigenvalue weighted by atomic mass is 10.2. The number of para-hydroxylation sites is 2. The first-order chi connectivity index (χ1) is 9.65. The number of Topliss-reactive ketones (excluding diaryl/α,β-unsaturated/α-hetero) is 1. The fraction of sp³-hybridized carbons (Fsp3) is 0.500. The van der Waals surface area contributed by atoms with Gasteiger partial charge in [0, 0.05) is 19.5 Å². The van der Waals surface area contributed by atoms with Crippen LogP contribution in [0.15, 0.2) is 29.1 Å². The van der Waals surface area contributed by atoms with Gasteiger partial charge in [0.15, 0.2) is 0 Å². The third kappa shape index (κ3) is 3.00. The molecule has 108 valence electrons. The van der Waals surface area contributed by atoms with Crippen molar-refractivity contribution in [1.82, 2.24) is 9.13 Å². The summed E-state index contributed by atoms with van der Waals surface area (Å²) in [6.07, 6.45) is 3.25. The Kier molecular flexibility index (Phi) is 4.77. The molecule has 20 heavy (non-hydrogen) atoms. The molecule has 0 spiro atoms. The van der Waals surface area contributed by atoms with Crippen LogP contribution < -0.4 is 5.69 Å². The first-order valence-corrected chi connectivity index (χ1v) is 7.32. The number of aryl methyl sites for hydroxylation is 2. The molecule has 2 rings (SSSR count). The summed E-state index contributed by atoms with van der Waals surface area (Å²) < 4.78 is 3.69. The average Bonchev–Trinajstić information content (AvgIpc) is 2.69. The maximum Gasteiger partial charge on any atom is 0.329 e. The number of nitrogens with zero attached hydrogens (tertiary/aromatic N) is 2. The minimum absolute atomic E-state index is 0.0656. The van der Waals surface area contributed by atoms with Gasteiger partial charge >= 0.3 is 5.69 Å². The minimum atomic E-state index is 0.0656. The number of benzene rings is 1. The molecule has 4 nitrogen and oxygen atoms in total. The molecule has 0 N–H and O–H groups in total. The summed E-state index contributed by atoms with van der Waals surface area (Å²) in [6, 6.07) is 7.92. The van der Waals surface area contributed by atoms with Crippen molar-refractivity contribution in [2.75, 3.05) is 0 Å². The number of ketones is 1. The first kappa shape index (κ1) is 14.6. The molecule has 4 heteroatoms. The van der Waals surface area contributed by atoms with Gasteiger partial charge in [-0.2, -0.15) is 0 Å². The smallest absolute Gasteiger partial charge is 0.300 e. The standard InChI is InChI=1S/C16H22N2O2/c1-3-11-17-14-9-4-5-10-15(14)18(16(17)20)12-7-6-8-13(2)19/h4-5,9-10H,3,6-8,11-12H2,1-2H3. The van der Waals surface area contributed by atoms with E-state index in [2.05, 4.69) is 6.92 Å². The summed E-state index contributed by atoms with van der Waals surface area (Å²) in [7, 11) is 0. The Labute approximate surface area is 119 Å². The van der Waals surface area contributed by atoms with Crippen molar-refractivity contribution in [3.05, 3.63) is 34.7 Å². The van der Waals surface area contributed by atoms with E-state index in [1.807, 2.05) is 33.4 Å². The van der Waals surface area contributed by atoms with E-state index < -0.39 is 0 Å². The van der Waals surface area contributed by atoms with Crippen LogP contribution in [0.1, 0.15) is 39.5 Å². The zero-order chi connectivity index (χ0) is 14.5. The fourth-order valence-electron chi connectivity index (χ4n) is 2.57. The van der Waals surface area contributed by atoms with E-state index in [1.165, 1.54) is 0 Å². The molecule has 0 saturated heterocycles. The second kappa shape index (κ2) is 6.55. The van der Waals surface area contributed by atoms with E-state index in [1.54, 1.807) is 6.92 Å². The summed E-state index contributed by atoms with van der Waals surface area (Å²) in [4.78, 5) is 23.4. The quantitative estimate of drug-likeness (QED) is 0.729. The number of imidazole rings is 1. The van der Waals surface area contributed by atoms with Crippen LogP contribution in [0.3, 0.4) is 0 Å². The molecule has 1 aromatic heterocycles. The minimum Gasteiger partial charge on any atom is -0.300 e. The summed E-state index contributed by atoms with van der Waals surface area (Å²) in [6.45, 7) is 5.12. The molecule has 0 amide bonds. The normalized spacial score (nSPS) is 11.1. The number of carbonyl (C=O) groups excluding carboxylic acids is 1. The largest absolute Gasteiger partial charge is 0.329 e. The SMILES string of the molecule is CCCn1c(=O)n(CCCCC(C)=O)c2ccccc21. The molecule has 0 aliphatic rings. The van der Waals surface area contributed by atoms with Gasteiger partial charge in [-0.25, -0.2) is 4.79 Å². The molecule has 0 radical (unpaired) electrons. The van der Waals surface area contributed by atoms with E-state index in [0.717, 1.165) is 36.8 Å². The molecule has 0 unspecified atom stereocenters. The highest BCUT2D eigenvalue weighted by atomic mass is 16.1. The van der Waals surface area contributed by atoms with Gasteiger partial charge in [0.05, 0.1) is 11.0 Å². The van der Waals surface area contributed by atoms with Gasteiger partial charge in [-0.1, -0.05) is 19.1 Å². The van der Waals surface area contributed by atoms with Crippen molar-refractivity contribution < 1.29 is 4.79 Å². The van der Waals surface area contributed by atoms with Gasteiger partial charge in [-0.05, 0) is 38.3 Å². The summed E-state index contributed by atoms with van der Waals surface area (Å²) >= 11 is 0. The van der Waals surface area contributed by atoms with E-state index in [0.29, 0.717) is 13.0 Å². The number of rotatable bonds is 7. The highest BCUT2D eigenvalue weighted by Crippen LogP contribution is 2.14. The summed E-state index contributed by atoms with van der Waals surface area (Å²) in [5, 5.41) is 0. The zero-order valence-electron chi connectivity index (χ0n) is 12.3. The second-order valence-corrected chi connectivity index (χ2v) is 5.23. The van der Waals surface area contributed by atoms with Crippen molar-refractivity contribution in [3.8, 4) is 0 Å². The fourth-order valence-corrected chi connectivity index (χ4v) is 2.57. The van der Waals surface area contributed by atoms with Crippen LogP contribution in [0.2, 0.25) is 0 Å². The molecular formula is C16H22N2O2. The highest BCUT2D eigenvalue weighted by Gasteiger charge is 2.11. The zero-order valence-corrected chi connectivity index (χ0v) is 12.3. The van der Waals surface area contributed by atoms with Crippen molar-refractivity contribution in [2.45, 2.75) is 52.6 Å². The van der Waals surface area contributed by atoms with Crippen molar-refractivity contribution in [3.63, 3.8) is 0 Å². The Hall–Kier alpha value is -1.84. The molecule has 1 aromatic carbocycles. The molecule has 0 saturated carbocycles. The molecule has 0 fully saturated rings. The molecule has 0 aliphatic heterocycles. The van der Waals surface area contributed by atoms with E-state index in [9.17, 15) is 9.59 Å². The van der Waals surface area contributed by atoms with Gasteiger partial charge in [0.2, 0.25) is 0 Å². The maximum absolute atomic E-state index is 12.5. The van der Waals surface area contributed by atoms with Gasteiger partial charge < -0.3 is 4.79 Å². The first-order valence-electron chi connectivity index (χ1n) is 7.32. The van der Waals surface area contributed by atoms with Gasteiger partial charge in [0.25, 0.3) is 0 Å². The predicted molar refractivity (Wildman–Crippen MR) is 81.0 cm³/mol. The van der Waals surface area contributed by atoms with E-state index in [-0.39, 0.29) is 11.5 Å². The number of hydrogen-bond acceptors (Lipinski definition) is 2.